The van der Waals surface area contributed by atoms with Crippen LogP contribution in [0.5, 0.6) is 5.75 Å². The van der Waals surface area contributed by atoms with Crippen LogP contribution in [0.1, 0.15) is 45.7 Å². The van der Waals surface area contributed by atoms with Gasteiger partial charge in [0.15, 0.2) is 5.60 Å². The number of aromatic hydroxyl groups is 1. The molecule has 3 rings (SSSR count). The van der Waals surface area contributed by atoms with Crippen LogP contribution < -0.4 is 0 Å². The molecular weight excluding hydrogens is 298 g/mol. The maximum atomic E-state index is 10.2. The summed E-state index contributed by atoms with van der Waals surface area (Å²) in [5.41, 5.74) is -0.133. The summed E-state index contributed by atoms with van der Waals surface area (Å²) in [7, 11) is 0. The summed E-state index contributed by atoms with van der Waals surface area (Å²) in [6.45, 7) is 10.9. The molecule has 126 valence electrons. The Morgan fingerprint density at radius 2 is 1.91 bits per heavy atom. The van der Waals surface area contributed by atoms with Crippen LogP contribution in [0.4, 0.5) is 0 Å². The van der Waals surface area contributed by atoms with Crippen molar-refractivity contribution < 1.29 is 24.8 Å². The molecular formula is C17H23NO5. The molecule has 0 aromatic heterocycles. The highest BCUT2D eigenvalue weighted by Crippen LogP contribution is 2.69. The lowest BCUT2D eigenvalue weighted by Crippen LogP contribution is -2.73. The van der Waals surface area contributed by atoms with Gasteiger partial charge in [-0.3, -0.25) is 0 Å². The van der Waals surface area contributed by atoms with Crippen LogP contribution in [-0.4, -0.2) is 28.7 Å². The number of rotatable bonds is 2. The topological polar surface area (TPSA) is 80.5 Å². The minimum atomic E-state index is -1.07. The molecule has 1 aromatic carbocycles. The second-order valence-electron chi connectivity index (χ2n) is 7.91. The highest BCUT2D eigenvalue weighted by atomic mass is 17.3. The van der Waals surface area contributed by atoms with Crippen molar-refractivity contribution in [2.45, 2.75) is 46.0 Å². The van der Waals surface area contributed by atoms with Crippen LogP contribution in [0.25, 0.3) is 0 Å². The molecule has 6 heteroatoms. The summed E-state index contributed by atoms with van der Waals surface area (Å²) in [6, 6.07) is 5.02. The molecule has 2 aliphatic rings. The number of hydrogen-bond acceptors (Lipinski definition) is 6. The molecule has 0 amide bonds. The Morgan fingerprint density at radius 3 is 2.39 bits per heavy atom. The van der Waals surface area contributed by atoms with Crippen molar-refractivity contribution in [3.05, 3.63) is 29.3 Å². The van der Waals surface area contributed by atoms with Gasteiger partial charge in [0.1, 0.15) is 5.75 Å². The van der Waals surface area contributed by atoms with Crippen molar-refractivity contribution in [2.24, 2.45) is 16.0 Å². The van der Waals surface area contributed by atoms with Gasteiger partial charge in [-0.05, 0) is 12.1 Å². The van der Waals surface area contributed by atoms with Gasteiger partial charge in [0.2, 0.25) is 0 Å². The van der Waals surface area contributed by atoms with E-state index in [0.29, 0.717) is 17.7 Å². The number of nitrogens with zero attached hydrogens (tertiary/aromatic N) is 1. The maximum absolute atomic E-state index is 10.2. The zero-order valence-corrected chi connectivity index (χ0v) is 14.1. The Bertz CT molecular complexity index is 663. The van der Waals surface area contributed by atoms with Crippen molar-refractivity contribution >= 4 is 6.21 Å². The first kappa shape index (κ1) is 16.2. The third-order valence-corrected chi connectivity index (χ3v) is 5.00. The summed E-state index contributed by atoms with van der Waals surface area (Å²) in [5, 5.41) is 21.7. The second kappa shape index (κ2) is 4.69. The fourth-order valence-electron chi connectivity index (χ4n) is 4.16. The van der Waals surface area contributed by atoms with Crippen molar-refractivity contribution in [3.63, 3.8) is 0 Å². The minimum absolute atomic E-state index is 0.0127. The van der Waals surface area contributed by atoms with E-state index in [4.69, 9.17) is 19.7 Å². The zero-order chi connectivity index (χ0) is 17.1. The molecule has 2 saturated heterocycles. The molecule has 2 unspecified atom stereocenters. The van der Waals surface area contributed by atoms with Crippen LogP contribution >= 0.6 is 0 Å². The fourth-order valence-corrected chi connectivity index (χ4v) is 4.16. The molecule has 23 heavy (non-hydrogen) atoms. The smallest absolute Gasteiger partial charge is 0.261 e. The van der Waals surface area contributed by atoms with Crippen molar-refractivity contribution in [3.8, 4) is 5.75 Å². The molecule has 0 bridgehead atoms. The van der Waals surface area contributed by atoms with E-state index < -0.39 is 11.4 Å². The Labute approximate surface area is 135 Å². The maximum Gasteiger partial charge on any atom is 0.261 e. The number of phenols is 1. The second-order valence-corrected chi connectivity index (χ2v) is 7.91. The first-order chi connectivity index (χ1) is 10.6. The van der Waals surface area contributed by atoms with Crippen LogP contribution in [0.3, 0.4) is 0 Å². The summed E-state index contributed by atoms with van der Waals surface area (Å²) in [6.07, 6.45) is 1.17. The van der Waals surface area contributed by atoms with Gasteiger partial charge in [-0.1, -0.05) is 45.8 Å². The average molecular weight is 321 g/mol. The van der Waals surface area contributed by atoms with Gasteiger partial charge in [0.05, 0.1) is 12.8 Å². The molecule has 0 radical (unpaired) electrons. The molecule has 2 fully saturated rings. The predicted octanol–water partition coefficient (Wildman–Crippen LogP) is 3.16. The van der Waals surface area contributed by atoms with Crippen molar-refractivity contribution in [2.75, 3.05) is 6.61 Å². The van der Waals surface area contributed by atoms with Crippen LogP contribution in [-0.2, 0) is 20.3 Å². The van der Waals surface area contributed by atoms with Crippen LogP contribution in [0, 0.1) is 10.8 Å². The van der Waals surface area contributed by atoms with Gasteiger partial charge >= 0.3 is 0 Å². The lowest BCUT2D eigenvalue weighted by molar-refractivity contribution is -0.626. The van der Waals surface area contributed by atoms with E-state index in [0.717, 1.165) is 0 Å². The molecule has 0 aliphatic carbocycles. The summed E-state index contributed by atoms with van der Waals surface area (Å²) < 4.78 is 6.08. The van der Waals surface area contributed by atoms with Gasteiger partial charge < -0.3 is 15.1 Å². The molecule has 6 nitrogen and oxygen atoms in total. The Kier molecular flexibility index (Phi) is 3.31. The molecule has 2 heterocycles. The predicted molar refractivity (Wildman–Crippen MR) is 83.3 cm³/mol. The van der Waals surface area contributed by atoms with Gasteiger partial charge in [0.25, 0.3) is 5.79 Å². The third kappa shape index (κ3) is 1.83. The Hall–Kier alpha value is -1.63. The van der Waals surface area contributed by atoms with E-state index in [2.05, 4.69) is 39.8 Å². The quantitative estimate of drug-likeness (QED) is 0.378. The summed E-state index contributed by atoms with van der Waals surface area (Å²) >= 11 is 0. The first-order valence-corrected chi connectivity index (χ1v) is 7.63. The van der Waals surface area contributed by atoms with E-state index >= 15 is 0 Å². The van der Waals surface area contributed by atoms with Gasteiger partial charge in [-0.2, -0.15) is 4.89 Å². The van der Waals surface area contributed by atoms with Crippen molar-refractivity contribution in [1.82, 2.24) is 0 Å². The number of benzene rings is 1. The SMILES string of the molecule is CC(C)(C)C12OOC1(c1ccc(/C=N/O)c(O)c1)OCC2(C)C. The fraction of sp³-hybridized carbons (Fsp3) is 0.588. The van der Waals surface area contributed by atoms with E-state index in [1.54, 1.807) is 18.2 Å². The van der Waals surface area contributed by atoms with Crippen LogP contribution in [0.2, 0.25) is 0 Å². The van der Waals surface area contributed by atoms with Crippen molar-refractivity contribution in [1.29, 1.82) is 0 Å². The Morgan fingerprint density at radius 1 is 1.22 bits per heavy atom. The molecule has 2 N–H and O–H groups in total. The number of oxime groups is 1. The average Bonchev–Trinajstić information content (AvgIpc) is 2.55. The van der Waals surface area contributed by atoms with Gasteiger partial charge in [0, 0.05) is 22.0 Å². The van der Waals surface area contributed by atoms with E-state index in [1.165, 1.54) is 6.21 Å². The minimum Gasteiger partial charge on any atom is -0.507 e. The molecule has 0 spiro atoms. The molecule has 0 saturated carbocycles. The number of phenolic OH excluding ortho intramolecular Hbond substituents is 1. The summed E-state index contributed by atoms with van der Waals surface area (Å²) in [5.74, 6) is -1.08. The monoisotopic (exact) mass is 321 g/mol. The molecule has 1 aromatic rings. The van der Waals surface area contributed by atoms with E-state index in [1.807, 2.05) is 0 Å². The first-order valence-electron chi connectivity index (χ1n) is 7.63. The summed E-state index contributed by atoms with van der Waals surface area (Å²) in [4.78, 5) is 11.3. The standard InChI is InChI=1S/C17H23NO5/c1-14(2,3)17-15(4,5)10-21-16(17,22-23-17)12-7-6-11(9-18-20)13(19)8-12/h6-9,19-20H,10H2,1-5H3/b18-9+. The number of hydrogen-bond donors (Lipinski definition) is 2. The zero-order valence-electron chi connectivity index (χ0n) is 14.1. The highest BCUT2D eigenvalue weighted by molar-refractivity contribution is 5.83. The van der Waals surface area contributed by atoms with Gasteiger partial charge in [-0.15, -0.1) is 0 Å². The number of fused-ring (bicyclic) bond motifs is 1. The van der Waals surface area contributed by atoms with E-state index in [-0.39, 0.29) is 16.6 Å². The molecule has 2 atom stereocenters. The third-order valence-electron chi connectivity index (χ3n) is 5.00. The lowest BCUT2D eigenvalue weighted by Gasteiger charge is -2.61. The number of ether oxygens (including phenoxy) is 1. The largest absolute Gasteiger partial charge is 0.507 e. The Balaban J connectivity index is 2.14. The molecule has 2 aliphatic heterocycles. The van der Waals surface area contributed by atoms with Crippen LogP contribution in [0.15, 0.2) is 23.4 Å². The lowest BCUT2D eigenvalue weighted by atomic mass is 9.57. The highest BCUT2D eigenvalue weighted by Gasteiger charge is 2.81. The normalized spacial score (nSPS) is 32.7. The van der Waals surface area contributed by atoms with E-state index in [9.17, 15) is 5.11 Å². The van der Waals surface area contributed by atoms with Gasteiger partial charge in [-0.25, -0.2) is 4.89 Å².